The lowest BCUT2D eigenvalue weighted by Gasteiger charge is -2.24. The van der Waals surface area contributed by atoms with E-state index in [2.05, 4.69) is 5.32 Å². The Morgan fingerprint density at radius 3 is 2.20 bits per heavy atom. The Hall–Kier alpha value is -4.74. The number of thiol groups is 1. The van der Waals surface area contributed by atoms with Gasteiger partial charge < -0.3 is 10.1 Å². The summed E-state index contributed by atoms with van der Waals surface area (Å²) in [6.07, 6.45) is 2.44. The van der Waals surface area contributed by atoms with Gasteiger partial charge in [-0.15, -0.1) is 0 Å². The van der Waals surface area contributed by atoms with Crippen molar-refractivity contribution in [2.75, 3.05) is 4.31 Å². The maximum Gasteiger partial charge on any atom is 0.289 e. The number of nitrogens with zero attached hydrogens (tertiary/aromatic N) is 2. The lowest BCUT2D eigenvalue weighted by molar-refractivity contribution is -0.384. The maximum absolute atomic E-state index is 13.7. The summed E-state index contributed by atoms with van der Waals surface area (Å²) in [6.45, 7) is 2.33. The van der Waals surface area contributed by atoms with Crippen LogP contribution in [0.4, 0.5) is 11.4 Å². The molecule has 0 spiro atoms. The number of hydrogen-bond acceptors (Lipinski definition) is 7. The molecule has 0 aliphatic rings. The lowest BCUT2D eigenvalue weighted by Crippen LogP contribution is -2.49. The molecule has 0 unspecified atom stereocenters. The molecule has 0 bridgehead atoms. The molecule has 0 heterocycles. The number of carbonyl (C=O) groups excluding carboxylic acids is 2. The van der Waals surface area contributed by atoms with Gasteiger partial charge in [0.05, 0.1) is 10.6 Å². The van der Waals surface area contributed by atoms with E-state index in [4.69, 9.17) is 16.3 Å². The van der Waals surface area contributed by atoms with Gasteiger partial charge in [0.25, 0.3) is 11.6 Å². The minimum Gasteiger partial charge on any atom is -0.489 e. The maximum atomic E-state index is 13.7. The number of halogens is 1. The van der Waals surface area contributed by atoms with E-state index < -0.39 is 39.4 Å². The molecule has 0 aliphatic heterocycles. The summed E-state index contributed by atoms with van der Waals surface area (Å²) < 4.78 is 31.0. The van der Waals surface area contributed by atoms with E-state index in [0.717, 1.165) is 41.7 Å². The van der Waals surface area contributed by atoms with E-state index in [1.807, 2.05) is 61.5 Å². The molecular weight excluding hydrogens is 630 g/mol. The van der Waals surface area contributed by atoms with Crippen LogP contribution in [0.1, 0.15) is 43.7 Å². The molecule has 0 aliphatic carbocycles. The molecule has 1 atom stereocenters. The molecule has 4 aromatic rings. The number of nitro benzene ring substituents is 1. The van der Waals surface area contributed by atoms with Crippen molar-refractivity contribution in [3.63, 3.8) is 0 Å². The van der Waals surface area contributed by atoms with Crippen molar-refractivity contribution in [3.8, 4) is 16.9 Å². The Kier molecular flexibility index (Phi) is 12.3. The van der Waals surface area contributed by atoms with Crippen LogP contribution in [0, 0.1) is 10.1 Å². The van der Waals surface area contributed by atoms with Gasteiger partial charge >= 0.3 is 0 Å². The van der Waals surface area contributed by atoms with Crippen molar-refractivity contribution < 1.29 is 27.7 Å². The first-order chi connectivity index (χ1) is 22.2. The van der Waals surface area contributed by atoms with Crippen LogP contribution in [0.2, 0.25) is 5.02 Å². The van der Waals surface area contributed by atoms with Gasteiger partial charge in [0.2, 0.25) is 16.8 Å². The van der Waals surface area contributed by atoms with Gasteiger partial charge in [-0.25, -0.2) is 12.7 Å². The number of carbonyl (C=O) groups is 2. The van der Waals surface area contributed by atoms with Crippen molar-refractivity contribution in [3.05, 3.63) is 123 Å². The van der Waals surface area contributed by atoms with E-state index in [0.29, 0.717) is 28.6 Å². The van der Waals surface area contributed by atoms with Gasteiger partial charge in [-0.1, -0.05) is 98.1 Å². The monoisotopic (exact) mass is 663 g/mol. The molecule has 240 valence electrons. The highest BCUT2D eigenvalue weighted by atomic mass is 35.5. The van der Waals surface area contributed by atoms with Gasteiger partial charge in [0.15, 0.2) is 0 Å². The molecule has 2 amide bonds. The van der Waals surface area contributed by atoms with Crippen LogP contribution < -0.4 is 14.4 Å². The van der Waals surface area contributed by atoms with Crippen LogP contribution >= 0.6 is 11.6 Å². The SMILES string of the molecule is CCCCCC(=O)N[C@@H](Cc1ccc(OCc2ccc(-c3ccccc3)cc2)cc1)C(=O)N(c1ccc(Cl)c([N+](=O)[O-])c1)[SH](=O)=O. The first-order valence-corrected chi connectivity index (χ1v) is 16.2. The third-order valence-corrected chi connectivity index (χ3v) is 8.29. The largest absolute Gasteiger partial charge is 0.489 e. The van der Waals surface area contributed by atoms with E-state index in [-0.39, 0.29) is 23.6 Å². The Morgan fingerprint density at radius 1 is 0.913 bits per heavy atom. The molecule has 0 fully saturated rings. The molecule has 4 rings (SSSR count). The zero-order chi connectivity index (χ0) is 33.1. The van der Waals surface area contributed by atoms with E-state index in [1.165, 1.54) is 6.07 Å². The number of unbranched alkanes of at least 4 members (excludes halogenated alkanes) is 2. The van der Waals surface area contributed by atoms with Gasteiger partial charge in [0.1, 0.15) is 23.4 Å². The lowest BCUT2D eigenvalue weighted by atomic mass is 10.0. The molecule has 10 nitrogen and oxygen atoms in total. The van der Waals surface area contributed by atoms with Crippen LogP contribution in [-0.2, 0) is 33.5 Å². The number of anilines is 1. The molecule has 0 radical (unpaired) electrons. The van der Waals surface area contributed by atoms with Crippen LogP contribution in [0.5, 0.6) is 5.75 Å². The fourth-order valence-electron chi connectivity index (χ4n) is 4.77. The number of nitrogens with one attached hydrogen (secondary N) is 1. The fraction of sp³-hybridized carbons (Fsp3) is 0.235. The van der Waals surface area contributed by atoms with Gasteiger partial charge in [-0.05, 0) is 52.9 Å². The predicted molar refractivity (Wildman–Crippen MR) is 178 cm³/mol. The average molecular weight is 664 g/mol. The number of amides is 2. The standard InChI is InChI=1S/C34H34ClN3O7S/c1-2-3-5-10-33(39)36-31(34(40)37(46(43)44)28-17-20-30(35)32(22-28)38(41)42)21-24-13-18-29(19-14-24)45-23-25-11-15-27(16-12-25)26-8-6-4-7-9-26/h4,6-9,11-20,22,31,46H,2-3,5,10,21,23H2,1H3,(H,36,39)/t31-/m0/s1. The molecule has 46 heavy (non-hydrogen) atoms. The highest BCUT2D eigenvalue weighted by Crippen LogP contribution is 2.30. The first-order valence-electron chi connectivity index (χ1n) is 14.7. The van der Waals surface area contributed by atoms with Crippen LogP contribution in [-0.4, -0.2) is 31.2 Å². The summed E-state index contributed by atoms with van der Waals surface area (Å²) in [7, 11) is -3.57. The molecule has 0 saturated carbocycles. The summed E-state index contributed by atoms with van der Waals surface area (Å²) >= 11 is 5.89. The number of ether oxygens (including phenoxy) is 1. The van der Waals surface area contributed by atoms with Crippen molar-refractivity contribution in [2.24, 2.45) is 0 Å². The first kappa shape index (κ1) is 34.1. The third kappa shape index (κ3) is 9.38. The van der Waals surface area contributed by atoms with Gasteiger partial charge in [0, 0.05) is 18.9 Å². The average Bonchev–Trinajstić information content (AvgIpc) is 3.05. The molecule has 1 N–H and O–H groups in total. The summed E-state index contributed by atoms with van der Waals surface area (Å²) in [4.78, 5) is 37.0. The predicted octanol–water partition coefficient (Wildman–Crippen LogP) is 6.66. The second kappa shape index (κ2) is 16.5. The number of benzene rings is 4. The molecule has 12 heteroatoms. The second-order valence-electron chi connectivity index (χ2n) is 10.6. The summed E-state index contributed by atoms with van der Waals surface area (Å²) in [5.74, 6) is -0.788. The number of rotatable bonds is 15. The van der Waals surface area contributed by atoms with Crippen molar-refractivity contribution >= 4 is 45.7 Å². The minimum atomic E-state index is -3.57. The Balaban J connectivity index is 1.49. The zero-order valence-electron chi connectivity index (χ0n) is 25.1. The quantitative estimate of drug-likeness (QED) is 0.0628. The van der Waals surface area contributed by atoms with Crippen molar-refractivity contribution in [1.29, 1.82) is 0 Å². The highest BCUT2D eigenvalue weighted by molar-refractivity contribution is 7.75. The Labute approximate surface area is 274 Å². The Bertz CT molecular complexity index is 1720. The normalized spacial score (nSPS) is 11.5. The smallest absolute Gasteiger partial charge is 0.289 e. The molecule has 0 aromatic heterocycles. The van der Waals surface area contributed by atoms with E-state index in [1.54, 1.807) is 24.3 Å². The van der Waals surface area contributed by atoms with Crippen LogP contribution in [0.15, 0.2) is 97.1 Å². The summed E-state index contributed by atoms with van der Waals surface area (Å²) in [5, 5.41) is 13.9. The zero-order valence-corrected chi connectivity index (χ0v) is 26.8. The highest BCUT2D eigenvalue weighted by Gasteiger charge is 2.30. The fourth-order valence-corrected chi connectivity index (χ4v) is 5.57. The second-order valence-corrected chi connectivity index (χ2v) is 11.8. The topological polar surface area (TPSA) is 136 Å². The molecule has 0 saturated heterocycles. The number of nitro groups is 1. The number of hydrogen-bond donors (Lipinski definition) is 2. The van der Waals surface area contributed by atoms with E-state index >= 15 is 0 Å². The van der Waals surface area contributed by atoms with Gasteiger partial charge in [-0.2, -0.15) is 0 Å². The Morgan fingerprint density at radius 2 is 1.57 bits per heavy atom. The van der Waals surface area contributed by atoms with Crippen LogP contribution in [0.3, 0.4) is 0 Å². The minimum absolute atomic E-state index is 0.0328. The van der Waals surface area contributed by atoms with Crippen LogP contribution in [0.25, 0.3) is 11.1 Å². The van der Waals surface area contributed by atoms with Crippen molar-refractivity contribution in [2.45, 2.75) is 51.7 Å². The van der Waals surface area contributed by atoms with E-state index in [9.17, 15) is 28.1 Å². The molecule has 4 aromatic carbocycles. The summed E-state index contributed by atoms with van der Waals surface area (Å²) in [6, 6.07) is 27.0. The van der Waals surface area contributed by atoms with Gasteiger partial charge in [-0.3, -0.25) is 19.7 Å². The third-order valence-electron chi connectivity index (χ3n) is 7.21. The summed E-state index contributed by atoms with van der Waals surface area (Å²) in [5.41, 5.74) is 3.02. The van der Waals surface area contributed by atoms with Crippen molar-refractivity contribution in [1.82, 2.24) is 5.32 Å². The molecular formula is C34H34ClN3O7S.